The molecule has 2 heterocycles. The molecule has 3 aromatic rings. The quantitative estimate of drug-likeness (QED) is 0.683. The number of thiophene rings is 1. The van der Waals surface area contributed by atoms with E-state index in [0.717, 1.165) is 4.88 Å². The normalized spacial score (nSPS) is 10.4. The number of ether oxygens (including phenoxy) is 1. The van der Waals surface area contributed by atoms with Crippen LogP contribution in [0.1, 0.15) is 15.4 Å². The Balaban J connectivity index is 1.51. The molecule has 1 aromatic carbocycles. The molecule has 0 aliphatic heterocycles. The van der Waals surface area contributed by atoms with Crippen molar-refractivity contribution < 1.29 is 23.1 Å². The van der Waals surface area contributed by atoms with Crippen LogP contribution >= 0.6 is 11.3 Å². The minimum atomic E-state index is -0.736. The summed E-state index contributed by atoms with van der Waals surface area (Å²) in [5.74, 6) is -1.10. The largest absolute Gasteiger partial charge is 0.450 e. The van der Waals surface area contributed by atoms with Crippen molar-refractivity contribution in [1.29, 1.82) is 0 Å². The van der Waals surface area contributed by atoms with Gasteiger partial charge in [0.15, 0.2) is 6.61 Å². The molecule has 0 saturated heterocycles. The molecular formula is C18H14FNO4S. The van der Waals surface area contributed by atoms with Crippen molar-refractivity contribution in [2.75, 3.05) is 6.61 Å². The van der Waals surface area contributed by atoms with Crippen molar-refractivity contribution in [2.45, 2.75) is 6.54 Å². The van der Waals surface area contributed by atoms with Gasteiger partial charge in [-0.15, -0.1) is 11.3 Å². The van der Waals surface area contributed by atoms with Gasteiger partial charge in [0.25, 0.3) is 5.91 Å². The molecule has 5 nitrogen and oxygen atoms in total. The fourth-order valence-electron chi connectivity index (χ4n) is 2.07. The fraction of sp³-hybridized carbons (Fsp3) is 0.111. The molecule has 0 aliphatic carbocycles. The highest BCUT2D eigenvalue weighted by Crippen LogP contribution is 2.22. The number of carbonyl (C=O) groups is 2. The fourth-order valence-corrected chi connectivity index (χ4v) is 2.71. The number of esters is 1. The highest BCUT2D eigenvalue weighted by molar-refractivity contribution is 7.09. The van der Waals surface area contributed by atoms with Crippen LogP contribution in [0, 0.1) is 5.82 Å². The van der Waals surface area contributed by atoms with Crippen LogP contribution in [0.2, 0.25) is 0 Å². The molecule has 1 amide bonds. The van der Waals surface area contributed by atoms with E-state index in [4.69, 9.17) is 9.15 Å². The predicted molar refractivity (Wildman–Crippen MR) is 90.6 cm³/mol. The zero-order valence-corrected chi connectivity index (χ0v) is 13.8. The molecule has 0 saturated carbocycles. The molecule has 3 rings (SSSR count). The summed E-state index contributed by atoms with van der Waals surface area (Å²) in [4.78, 5) is 24.6. The van der Waals surface area contributed by atoms with E-state index in [-0.39, 0.29) is 11.6 Å². The standard InChI is InChI=1S/C18H14FNO4S/c19-13-5-3-12(4-6-13)15-7-8-16(24-15)18(22)23-11-17(21)20-10-14-2-1-9-25-14/h1-9H,10-11H2,(H,20,21). The third-order valence-electron chi connectivity index (χ3n) is 3.31. The second-order valence-corrected chi connectivity index (χ2v) is 6.14. The van der Waals surface area contributed by atoms with Gasteiger partial charge in [-0.1, -0.05) is 6.07 Å². The van der Waals surface area contributed by atoms with Crippen LogP contribution in [0.3, 0.4) is 0 Å². The molecule has 2 aromatic heterocycles. The molecule has 0 spiro atoms. The highest BCUT2D eigenvalue weighted by atomic mass is 32.1. The van der Waals surface area contributed by atoms with Crippen molar-refractivity contribution in [3.8, 4) is 11.3 Å². The number of hydrogen-bond donors (Lipinski definition) is 1. The van der Waals surface area contributed by atoms with Crippen molar-refractivity contribution >= 4 is 23.2 Å². The average molecular weight is 359 g/mol. The number of amides is 1. The third kappa shape index (κ3) is 4.54. The molecule has 0 aliphatic rings. The monoisotopic (exact) mass is 359 g/mol. The van der Waals surface area contributed by atoms with Gasteiger partial charge in [0, 0.05) is 10.4 Å². The zero-order chi connectivity index (χ0) is 17.6. The van der Waals surface area contributed by atoms with Gasteiger partial charge < -0.3 is 14.5 Å². The van der Waals surface area contributed by atoms with E-state index in [2.05, 4.69) is 5.32 Å². The smallest absolute Gasteiger partial charge is 0.374 e. The van der Waals surface area contributed by atoms with Crippen molar-refractivity contribution in [3.05, 3.63) is 70.4 Å². The summed E-state index contributed by atoms with van der Waals surface area (Å²) in [6, 6.07) is 12.5. The number of nitrogens with one attached hydrogen (secondary N) is 1. The van der Waals surface area contributed by atoms with E-state index in [0.29, 0.717) is 17.9 Å². The van der Waals surface area contributed by atoms with E-state index in [1.165, 1.54) is 29.5 Å². The van der Waals surface area contributed by atoms with Gasteiger partial charge in [-0.05, 0) is 47.8 Å². The van der Waals surface area contributed by atoms with Crippen molar-refractivity contribution in [1.82, 2.24) is 5.32 Å². The van der Waals surface area contributed by atoms with Crippen LogP contribution < -0.4 is 5.32 Å². The molecule has 0 radical (unpaired) electrons. The van der Waals surface area contributed by atoms with E-state index in [1.54, 1.807) is 18.2 Å². The average Bonchev–Trinajstić information content (AvgIpc) is 3.30. The van der Waals surface area contributed by atoms with Gasteiger partial charge in [0.05, 0.1) is 6.54 Å². The van der Waals surface area contributed by atoms with Crippen LogP contribution in [-0.2, 0) is 16.1 Å². The summed E-state index contributed by atoms with van der Waals surface area (Å²) < 4.78 is 23.2. The number of carbonyl (C=O) groups excluding carboxylic acids is 2. The number of hydrogen-bond acceptors (Lipinski definition) is 5. The first-order valence-electron chi connectivity index (χ1n) is 7.44. The minimum absolute atomic E-state index is 0.0228. The number of benzene rings is 1. The summed E-state index contributed by atoms with van der Waals surface area (Å²) in [5, 5.41) is 4.57. The van der Waals surface area contributed by atoms with Gasteiger partial charge in [0.2, 0.25) is 5.76 Å². The van der Waals surface area contributed by atoms with E-state index in [1.807, 2.05) is 17.5 Å². The second kappa shape index (κ2) is 7.76. The summed E-state index contributed by atoms with van der Waals surface area (Å²) in [6.07, 6.45) is 0. The van der Waals surface area contributed by atoms with Crippen LogP contribution in [0.15, 0.2) is 58.3 Å². The second-order valence-electron chi connectivity index (χ2n) is 5.10. The van der Waals surface area contributed by atoms with Crippen molar-refractivity contribution in [3.63, 3.8) is 0 Å². The van der Waals surface area contributed by atoms with Crippen LogP contribution in [0.5, 0.6) is 0 Å². The Bertz CT molecular complexity index is 856. The summed E-state index contributed by atoms with van der Waals surface area (Å²) in [5.41, 5.74) is 0.633. The van der Waals surface area contributed by atoms with Gasteiger partial charge in [0.1, 0.15) is 11.6 Å². The summed E-state index contributed by atoms with van der Waals surface area (Å²) in [7, 11) is 0. The Hall–Kier alpha value is -2.93. The molecule has 25 heavy (non-hydrogen) atoms. The van der Waals surface area contributed by atoms with E-state index in [9.17, 15) is 14.0 Å². The lowest BCUT2D eigenvalue weighted by molar-refractivity contribution is -0.124. The highest BCUT2D eigenvalue weighted by Gasteiger charge is 2.15. The molecular weight excluding hydrogens is 345 g/mol. The maximum absolute atomic E-state index is 12.9. The first-order valence-corrected chi connectivity index (χ1v) is 8.32. The maximum Gasteiger partial charge on any atom is 0.374 e. The van der Waals surface area contributed by atoms with Gasteiger partial charge in [-0.3, -0.25) is 4.79 Å². The van der Waals surface area contributed by atoms with Crippen molar-refractivity contribution in [2.24, 2.45) is 0 Å². The molecule has 0 fully saturated rings. The van der Waals surface area contributed by atoms with Gasteiger partial charge >= 0.3 is 5.97 Å². The Labute approximate surface area is 147 Å². The number of furan rings is 1. The first kappa shape index (κ1) is 16.9. The van der Waals surface area contributed by atoms with Crippen LogP contribution in [0.4, 0.5) is 4.39 Å². The first-order chi connectivity index (χ1) is 12.1. The predicted octanol–water partition coefficient (Wildman–Crippen LogP) is 3.62. The lowest BCUT2D eigenvalue weighted by Gasteiger charge is -2.04. The molecule has 0 bridgehead atoms. The summed E-state index contributed by atoms with van der Waals surface area (Å²) >= 11 is 1.53. The topological polar surface area (TPSA) is 68.5 Å². The molecule has 0 unspecified atom stereocenters. The lowest BCUT2D eigenvalue weighted by Crippen LogP contribution is -2.28. The molecule has 128 valence electrons. The number of halogens is 1. The molecule has 7 heteroatoms. The van der Waals surface area contributed by atoms with E-state index >= 15 is 0 Å². The molecule has 0 atom stereocenters. The Morgan fingerprint density at radius 2 is 1.92 bits per heavy atom. The Morgan fingerprint density at radius 1 is 1.12 bits per heavy atom. The van der Waals surface area contributed by atoms with E-state index < -0.39 is 18.5 Å². The molecule has 1 N–H and O–H groups in total. The summed E-state index contributed by atoms with van der Waals surface area (Å²) in [6.45, 7) is 0.000305. The lowest BCUT2D eigenvalue weighted by atomic mass is 10.2. The third-order valence-corrected chi connectivity index (χ3v) is 4.19. The van der Waals surface area contributed by atoms with Crippen LogP contribution in [0.25, 0.3) is 11.3 Å². The minimum Gasteiger partial charge on any atom is -0.450 e. The zero-order valence-electron chi connectivity index (χ0n) is 13.0. The number of rotatable bonds is 6. The maximum atomic E-state index is 12.9. The Kier molecular flexibility index (Phi) is 5.25. The Morgan fingerprint density at radius 3 is 2.64 bits per heavy atom. The van der Waals surface area contributed by atoms with Gasteiger partial charge in [-0.2, -0.15) is 0 Å². The van der Waals surface area contributed by atoms with Gasteiger partial charge in [-0.25, -0.2) is 9.18 Å². The van der Waals surface area contributed by atoms with Crippen LogP contribution in [-0.4, -0.2) is 18.5 Å². The SMILES string of the molecule is O=C(COC(=O)c1ccc(-c2ccc(F)cc2)o1)NCc1cccs1.